The van der Waals surface area contributed by atoms with E-state index in [9.17, 15) is 4.79 Å². The van der Waals surface area contributed by atoms with Crippen LogP contribution in [0, 0.1) is 0 Å². The molecule has 0 fully saturated rings. The summed E-state index contributed by atoms with van der Waals surface area (Å²) in [6.45, 7) is 2.41. The summed E-state index contributed by atoms with van der Waals surface area (Å²) < 4.78 is 11.5. The van der Waals surface area contributed by atoms with E-state index in [1.807, 2.05) is 31.2 Å². The van der Waals surface area contributed by atoms with Crippen molar-refractivity contribution in [2.24, 2.45) is 0 Å². The molecule has 0 unspecified atom stereocenters. The third kappa shape index (κ3) is 4.13. The predicted octanol–water partition coefficient (Wildman–Crippen LogP) is 4.04. The van der Waals surface area contributed by atoms with Gasteiger partial charge in [0.25, 0.3) is 17.7 Å². The molecular formula is C23H26N6O3. The Morgan fingerprint density at radius 2 is 1.81 bits per heavy atom. The molecule has 32 heavy (non-hydrogen) atoms. The standard InChI is InChI=1S/C23H22N6O3.2H2/c1-4-31-18-8-6-5-7-16(18)21-27-28-22(32-21)19-20(24)25-13-17(26-19)14-9-11-15(12-10-14)23(30)29(2)3;;/h5-13H,4H2,1-3H3,(H2,24,25);2*1H. The average molecular weight is 435 g/mol. The molecule has 4 rings (SSSR count). The van der Waals surface area contributed by atoms with Crippen LogP contribution in [0.15, 0.2) is 59.1 Å². The summed E-state index contributed by atoms with van der Waals surface area (Å²) in [5, 5.41) is 8.25. The second-order valence-electron chi connectivity index (χ2n) is 7.11. The van der Waals surface area contributed by atoms with Crippen molar-refractivity contribution in [3.63, 3.8) is 0 Å². The number of hydrogen-bond donors (Lipinski definition) is 1. The lowest BCUT2D eigenvalue weighted by Crippen LogP contribution is -2.21. The number of benzene rings is 2. The number of ether oxygens (including phenoxy) is 1. The Labute approximate surface area is 187 Å². The van der Waals surface area contributed by atoms with Crippen molar-refractivity contribution in [2.75, 3.05) is 26.4 Å². The number of para-hydroxylation sites is 1. The second-order valence-corrected chi connectivity index (χ2v) is 7.11. The number of amides is 1. The maximum absolute atomic E-state index is 12.1. The summed E-state index contributed by atoms with van der Waals surface area (Å²) in [6, 6.07) is 14.5. The summed E-state index contributed by atoms with van der Waals surface area (Å²) in [5.74, 6) is 1.18. The molecule has 9 nitrogen and oxygen atoms in total. The topological polar surface area (TPSA) is 120 Å². The Bertz CT molecular complexity index is 1260. The summed E-state index contributed by atoms with van der Waals surface area (Å²) in [5.41, 5.74) is 8.92. The number of aromatic nitrogens is 4. The van der Waals surface area contributed by atoms with E-state index in [0.29, 0.717) is 35.1 Å². The second kappa shape index (κ2) is 8.84. The molecule has 0 spiro atoms. The Morgan fingerprint density at radius 3 is 2.53 bits per heavy atom. The lowest BCUT2D eigenvalue weighted by molar-refractivity contribution is 0.0827. The van der Waals surface area contributed by atoms with Gasteiger partial charge in [0, 0.05) is 28.1 Å². The zero-order valence-electron chi connectivity index (χ0n) is 17.9. The summed E-state index contributed by atoms with van der Waals surface area (Å²) in [6.07, 6.45) is 1.56. The first-order valence-electron chi connectivity index (χ1n) is 9.98. The van der Waals surface area contributed by atoms with Crippen molar-refractivity contribution in [1.82, 2.24) is 25.1 Å². The average Bonchev–Trinajstić information content (AvgIpc) is 3.29. The molecule has 2 N–H and O–H groups in total. The summed E-state index contributed by atoms with van der Waals surface area (Å²) >= 11 is 0. The van der Waals surface area contributed by atoms with Crippen LogP contribution < -0.4 is 10.5 Å². The Balaban J connectivity index is 0.00000204. The van der Waals surface area contributed by atoms with Gasteiger partial charge in [-0.3, -0.25) is 4.79 Å². The first kappa shape index (κ1) is 21.0. The van der Waals surface area contributed by atoms with Crippen LogP contribution >= 0.6 is 0 Å². The van der Waals surface area contributed by atoms with Crippen LogP contribution in [0.25, 0.3) is 34.3 Å². The minimum absolute atomic E-state index is 0. The number of nitrogens with two attached hydrogens (primary N) is 1. The van der Waals surface area contributed by atoms with Crippen molar-refractivity contribution < 1.29 is 16.8 Å². The Morgan fingerprint density at radius 1 is 1.09 bits per heavy atom. The normalized spacial score (nSPS) is 10.7. The quantitative estimate of drug-likeness (QED) is 0.483. The zero-order chi connectivity index (χ0) is 22.7. The van der Waals surface area contributed by atoms with Gasteiger partial charge in [-0.2, -0.15) is 0 Å². The molecule has 2 aromatic heterocycles. The molecule has 166 valence electrons. The molecule has 0 saturated carbocycles. The number of nitrogen functional groups attached to an aromatic ring is 1. The lowest BCUT2D eigenvalue weighted by atomic mass is 10.1. The molecule has 1 amide bonds. The number of carbonyl (C=O) groups is 1. The first-order valence-corrected chi connectivity index (χ1v) is 9.98. The fourth-order valence-electron chi connectivity index (χ4n) is 3.09. The number of anilines is 1. The van der Waals surface area contributed by atoms with Crippen LogP contribution in [0.2, 0.25) is 0 Å². The Hall–Kier alpha value is -4.27. The lowest BCUT2D eigenvalue weighted by Gasteiger charge is -2.10. The van der Waals surface area contributed by atoms with Crippen molar-refractivity contribution in [1.29, 1.82) is 0 Å². The van der Waals surface area contributed by atoms with Crippen LogP contribution in [0.5, 0.6) is 5.75 Å². The van der Waals surface area contributed by atoms with Crippen molar-refractivity contribution in [3.05, 3.63) is 60.3 Å². The van der Waals surface area contributed by atoms with Gasteiger partial charge in [-0.15, -0.1) is 10.2 Å². The van der Waals surface area contributed by atoms with Gasteiger partial charge in [-0.05, 0) is 31.2 Å². The van der Waals surface area contributed by atoms with Crippen LogP contribution in [0.1, 0.15) is 20.1 Å². The van der Waals surface area contributed by atoms with E-state index in [1.54, 1.807) is 44.6 Å². The molecule has 0 aliphatic carbocycles. The van der Waals surface area contributed by atoms with Gasteiger partial charge in [0.1, 0.15) is 5.75 Å². The molecule has 0 atom stereocenters. The fraction of sp³-hybridized carbons (Fsp3) is 0.174. The SMILES string of the molecule is CCOc1ccccc1-c1nnc(-c2nc(-c3ccc(C(=O)N(C)C)cc3)cnc2N)o1.[HH].[HH]. The molecule has 0 aliphatic rings. The number of carbonyl (C=O) groups excluding carboxylic acids is 1. The molecular weight excluding hydrogens is 408 g/mol. The third-order valence-electron chi connectivity index (χ3n) is 4.68. The van der Waals surface area contributed by atoms with Crippen LogP contribution in [-0.4, -0.2) is 51.7 Å². The summed E-state index contributed by atoms with van der Waals surface area (Å²) in [7, 11) is 3.42. The highest BCUT2D eigenvalue weighted by molar-refractivity contribution is 5.94. The highest BCUT2D eigenvalue weighted by atomic mass is 16.5. The smallest absolute Gasteiger partial charge is 0.270 e. The van der Waals surface area contributed by atoms with Gasteiger partial charge in [-0.25, -0.2) is 9.97 Å². The molecule has 4 aromatic rings. The van der Waals surface area contributed by atoms with E-state index in [1.165, 1.54) is 4.90 Å². The first-order chi connectivity index (χ1) is 15.5. The molecule has 0 aliphatic heterocycles. The van der Waals surface area contributed by atoms with E-state index in [4.69, 9.17) is 14.9 Å². The summed E-state index contributed by atoms with van der Waals surface area (Å²) in [4.78, 5) is 22.4. The molecule has 2 aromatic carbocycles. The minimum Gasteiger partial charge on any atom is -0.493 e. The highest BCUT2D eigenvalue weighted by Gasteiger charge is 2.19. The molecule has 0 radical (unpaired) electrons. The van der Waals surface area contributed by atoms with E-state index in [-0.39, 0.29) is 26.2 Å². The van der Waals surface area contributed by atoms with Gasteiger partial charge < -0.3 is 19.8 Å². The van der Waals surface area contributed by atoms with Crippen molar-refractivity contribution in [3.8, 4) is 40.0 Å². The zero-order valence-corrected chi connectivity index (χ0v) is 17.9. The van der Waals surface area contributed by atoms with E-state index < -0.39 is 0 Å². The van der Waals surface area contributed by atoms with Crippen LogP contribution in [-0.2, 0) is 0 Å². The maximum atomic E-state index is 12.1. The van der Waals surface area contributed by atoms with Crippen molar-refractivity contribution in [2.45, 2.75) is 6.92 Å². The van der Waals surface area contributed by atoms with Crippen molar-refractivity contribution >= 4 is 11.7 Å². The molecule has 0 saturated heterocycles. The minimum atomic E-state index is -0.0775. The van der Waals surface area contributed by atoms with Gasteiger partial charge in [-0.1, -0.05) is 24.3 Å². The van der Waals surface area contributed by atoms with E-state index in [2.05, 4.69) is 20.2 Å². The number of nitrogens with zero attached hydrogens (tertiary/aromatic N) is 5. The number of hydrogen-bond acceptors (Lipinski definition) is 8. The highest BCUT2D eigenvalue weighted by Crippen LogP contribution is 2.32. The molecule has 0 bridgehead atoms. The van der Waals surface area contributed by atoms with Crippen LogP contribution in [0.4, 0.5) is 5.82 Å². The monoisotopic (exact) mass is 434 g/mol. The molecule has 9 heteroatoms. The fourth-order valence-corrected chi connectivity index (χ4v) is 3.09. The third-order valence-corrected chi connectivity index (χ3v) is 4.68. The predicted molar refractivity (Wildman–Crippen MR) is 124 cm³/mol. The van der Waals surface area contributed by atoms with Gasteiger partial charge >= 0.3 is 0 Å². The largest absolute Gasteiger partial charge is 0.493 e. The van der Waals surface area contributed by atoms with Crippen LogP contribution in [0.3, 0.4) is 0 Å². The molecule has 2 heterocycles. The maximum Gasteiger partial charge on any atom is 0.270 e. The Kier molecular flexibility index (Phi) is 5.80. The van der Waals surface area contributed by atoms with Gasteiger partial charge in [0.2, 0.25) is 0 Å². The van der Waals surface area contributed by atoms with E-state index in [0.717, 1.165) is 5.56 Å². The van der Waals surface area contributed by atoms with Gasteiger partial charge in [0.15, 0.2) is 11.5 Å². The van der Waals surface area contributed by atoms with E-state index >= 15 is 0 Å². The number of rotatable bonds is 6. The van der Waals surface area contributed by atoms with Gasteiger partial charge in [0.05, 0.1) is 24.1 Å².